The van der Waals surface area contributed by atoms with Crippen LogP contribution >= 0.6 is 7.52 Å². The first-order chi connectivity index (χ1) is 11.7. The molecule has 0 spiro atoms. The molecule has 0 radical (unpaired) electrons. The van der Waals surface area contributed by atoms with Crippen molar-refractivity contribution in [3.8, 4) is 0 Å². The normalized spacial score (nSPS) is 41.0. The van der Waals surface area contributed by atoms with E-state index in [1.807, 2.05) is 35.0 Å². The molecule has 2 saturated carbocycles. The van der Waals surface area contributed by atoms with Crippen LogP contribution in [0.15, 0.2) is 30.3 Å². The minimum Gasteiger partial charge on any atom is -0.469 e. The molecule has 1 aromatic carbocycles. The minimum absolute atomic E-state index is 0.0301. The Morgan fingerprint density at radius 3 is 2.64 bits per heavy atom. The minimum atomic E-state index is -3.33. The van der Waals surface area contributed by atoms with E-state index in [0.29, 0.717) is 5.92 Å². The van der Waals surface area contributed by atoms with E-state index in [1.54, 1.807) is 0 Å². The van der Waals surface area contributed by atoms with E-state index in [9.17, 15) is 9.36 Å². The van der Waals surface area contributed by atoms with Crippen molar-refractivity contribution in [3.63, 3.8) is 0 Å². The number of carbonyl (C=O) groups excluding carboxylic acids is 1. The summed E-state index contributed by atoms with van der Waals surface area (Å²) < 4.78 is 26.8. The van der Waals surface area contributed by atoms with Crippen molar-refractivity contribution in [2.75, 3.05) is 17.9 Å². The average molecular weight is 363 g/mol. The number of rotatable bonds is 3. The summed E-state index contributed by atoms with van der Waals surface area (Å²) >= 11 is 0. The van der Waals surface area contributed by atoms with Gasteiger partial charge in [0.15, 0.2) is 0 Å². The first-order valence-electron chi connectivity index (χ1n) is 8.94. The van der Waals surface area contributed by atoms with Crippen LogP contribution in [0.4, 0.5) is 5.69 Å². The third kappa shape index (κ3) is 2.12. The topological polar surface area (TPSA) is 55.8 Å². The molecule has 1 saturated heterocycles. The van der Waals surface area contributed by atoms with E-state index in [0.717, 1.165) is 18.5 Å². The third-order valence-electron chi connectivity index (χ3n) is 7.19. The van der Waals surface area contributed by atoms with Crippen molar-refractivity contribution < 1.29 is 18.6 Å². The number of esters is 1. The number of nitrogens with zero attached hydrogens (tertiary/aromatic N) is 1. The molecular weight excluding hydrogens is 337 g/mol. The highest BCUT2D eigenvalue weighted by molar-refractivity contribution is 7.62. The van der Waals surface area contributed by atoms with Crippen molar-refractivity contribution in [1.29, 1.82) is 0 Å². The maximum atomic E-state index is 13.8. The number of hydrogen-bond donors (Lipinski definition) is 0. The highest BCUT2D eigenvalue weighted by atomic mass is 31.2. The summed E-state index contributed by atoms with van der Waals surface area (Å²) in [6, 6.07) is 9.77. The van der Waals surface area contributed by atoms with Gasteiger partial charge in [-0.05, 0) is 36.3 Å². The van der Waals surface area contributed by atoms with Gasteiger partial charge in [0.1, 0.15) is 6.16 Å². The molecule has 25 heavy (non-hydrogen) atoms. The quantitative estimate of drug-likeness (QED) is 0.598. The highest BCUT2D eigenvalue weighted by Crippen LogP contribution is 2.76. The molecule has 6 heteroatoms. The van der Waals surface area contributed by atoms with Crippen LogP contribution in [0.2, 0.25) is 0 Å². The summed E-state index contributed by atoms with van der Waals surface area (Å²) in [4.78, 5) is 12.0. The smallest absolute Gasteiger partial charge is 0.317 e. The number of hydrogen-bond acceptors (Lipinski definition) is 4. The molecule has 2 bridgehead atoms. The summed E-state index contributed by atoms with van der Waals surface area (Å²) in [7, 11) is -2.00. The Morgan fingerprint density at radius 2 is 2.00 bits per heavy atom. The van der Waals surface area contributed by atoms with Gasteiger partial charge < -0.3 is 9.26 Å². The second-order valence-corrected chi connectivity index (χ2v) is 10.6. The third-order valence-corrected chi connectivity index (χ3v) is 9.56. The molecule has 4 rings (SSSR count). The Labute approximate surface area is 149 Å². The largest absolute Gasteiger partial charge is 0.469 e. The standard InChI is InChI=1S/C19H26NO4P/c1-18(2)14-10-11-19(18,3)17-16(14)20(13-8-6-5-7-9-13)25(22,24-17)12-15(21)23-4/h5-9,14,16-17H,10-12H2,1-4H3/t14-,16-,17-,19+,25-/m1/s1. The molecule has 136 valence electrons. The second-order valence-electron chi connectivity index (χ2n) is 8.35. The Kier molecular flexibility index (Phi) is 3.66. The van der Waals surface area contributed by atoms with Crippen LogP contribution in [0.3, 0.4) is 0 Å². The van der Waals surface area contributed by atoms with Gasteiger partial charge in [-0.15, -0.1) is 0 Å². The van der Waals surface area contributed by atoms with E-state index in [4.69, 9.17) is 9.26 Å². The summed E-state index contributed by atoms with van der Waals surface area (Å²) in [5.74, 6) is -0.0859. The van der Waals surface area contributed by atoms with E-state index in [1.165, 1.54) is 7.11 Å². The lowest BCUT2D eigenvalue weighted by Gasteiger charge is -2.38. The van der Waals surface area contributed by atoms with Crippen molar-refractivity contribution >= 4 is 19.2 Å². The Balaban J connectivity index is 1.82. The fourth-order valence-electron chi connectivity index (χ4n) is 5.44. The first-order valence-corrected chi connectivity index (χ1v) is 10.7. The van der Waals surface area contributed by atoms with Crippen molar-refractivity contribution in [2.24, 2.45) is 16.7 Å². The number of carbonyl (C=O) groups is 1. The zero-order chi connectivity index (χ0) is 18.0. The van der Waals surface area contributed by atoms with E-state index in [-0.39, 0.29) is 29.1 Å². The molecule has 5 atom stereocenters. The van der Waals surface area contributed by atoms with Crippen molar-refractivity contribution in [1.82, 2.24) is 0 Å². The summed E-state index contributed by atoms with van der Waals surface area (Å²) in [6.07, 6.45) is 1.87. The number of fused-ring (bicyclic) bond motifs is 5. The monoisotopic (exact) mass is 363 g/mol. The van der Waals surface area contributed by atoms with E-state index < -0.39 is 13.5 Å². The maximum Gasteiger partial charge on any atom is 0.317 e. The Morgan fingerprint density at radius 1 is 1.32 bits per heavy atom. The molecule has 0 aromatic heterocycles. The van der Waals surface area contributed by atoms with Gasteiger partial charge in [-0.2, -0.15) is 0 Å². The molecular formula is C19H26NO4P. The lowest BCUT2D eigenvalue weighted by Crippen LogP contribution is -2.42. The van der Waals surface area contributed by atoms with Crippen LogP contribution in [0, 0.1) is 16.7 Å². The summed E-state index contributed by atoms with van der Waals surface area (Å²) in [5, 5.41) is 0. The zero-order valence-electron chi connectivity index (χ0n) is 15.3. The van der Waals surface area contributed by atoms with Gasteiger partial charge in [0, 0.05) is 11.1 Å². The molecule has 2 aliphatic carbocycles. The number of para-hydroxylation sites is 1. The van der Waals surface area contributed by atoms with Crippen LogP contribution in [-0.4, -0.2) is 31.4 Å². The predicted molar refractivity (Wildman–Crippen MR) is 96.7 cm³/mol. The molecule has 0 amide bonds. The van der Waals surface area contributed by atoms with Gasteiger partial charge in [-0.25, -0.2) is 0 Å². The molecule has 3 fully saturated rings. The number of ether oxygens (including phenoxy) is 1. The van der Waals surface area contributed by atoms with Crippen LogP contribution in [0.1, 0.15) is 33.6 Å². The van der Waals surface area contributed by atoms with Crippen LogP contribution in [0.25, 0.3) is 0 Å². The number of benzene rings is 1. The van der Waals surface area contributed by atoms with E-state index >= 15 is 0 Å². The molecule has 5 nitrogen and oxygen atoms in total. The average Bonchev–Trinajstić information content (AvgIpc) is 3.06. The van der Waals surface area contributed by atoms with Gasteiger partial charge >= 0.3 is 13.5 Å². The predicted octanol–water partition coefficient (Wildman–Crippen LogP) is 4.08. The summed E-state index contributed by atoms with van der Waals surface area (Å²) in [6.45, 7) is 6.87. The summed E-state index contributed by atoms with van der Waals surface area (Å²) in [5.41, 5.74) is 0.956. The second kappa shape index (κ2) is 5.34. The molecule has 0 unspecified atom stereocenters. The van der Waals surface area contributed by atoms with Crippen molar-refractivity contribution in [2.45, 2.75) is 45.8 Å². The lowest BCUT2D eigenvalue weighted by molar-refractivity contribution is -0.137. The Hall–Kier alpha value is -1.32. The zero-order valence-corrected chi connectivity index (χ0v) is 16.2. The molecule has 1 heterocycles. The molecule has 1 aromatic rings. The fourth-order valence-corrected chi connectivity index (χ4v) is 8.10. The van der Waals surface area contributed by atoms with Gasteiger partial charge in [-0.1, -0.05) is 39.0 Å². The fraction of sp³-hybridized carbons (Fsp3) is 0.632. The van der Waals surface area contributed by atoms with Crippen molar-refractivity contribution in [3.05, 3.63) is 30.3 Å². The van der Waals surface area contributed by atoms with Crippen LogP contribution < -0.4 is 4.67 Å². The van der Waals surface area contributed by atoms with Gasteiger partial charge in [0.25, 0.3) is 0 Å². The molecule has 1 aliphatic heterocycles. The first kappa shape index (κ1) is 17.1. The Bertz CT molecular complexity index is 749. The van der Waals surface area contributed by atoms with Crippen LogP contribution in [-0.2, 0) is 18.6 Å². The van der Waals surface area contributed by atoms with Crippen LogP contribution in [0.5, 0.6) is 0 Å². The molecule has 3 aliphatic rings. The van der Waals surface area contributed by atoms with Gasteiger partial charge in [0.2, 0.25) is 0 Å². The lowest BCUT2D eigenvalue weighted by atomic mass is 9.70. The SMILES string of the molecule is COC(=O)C[P@@]1(=O)O[C@@H]2[C@@H]([C@H]3CC[C@]2(C)C3(C)C)N1c1ccccc1. The van der Waals surface area contributed by atoms with Gasteiger partial charge in [-0.3, -0.25) is 14.0 Å². The maximum absolute atomic E-state index is 13.8. The number of anilines is 1. The van der Waals surface area contributed by atoms with E-state index in [2.05, 4.69) is 20.8 Å². The highest BCUT2D eigenvalue weighted by Gasteiger charge is 2.73. The van der Waals surface area contributed by atoms with Gasteiger partial charge in [0.05, 0.1) is 19.3 Å². The molecule has 0 N–H and O–H groups in total. The number of methoxy groups -OCH3 is 1.